The van der Waals surface area contributed by atoms with Crippen LogP contribution in [0.5, 0.6) is 0 Å². The number of hydrogen-bond acceptors (Lipinski definition) is 4. The molecular formula is C11H14N4S. The van der Waals surface area contributed by atoms with Crippen LogP contribution in [0.2, 0.25) is 0 Å². The summed E-state index contributed by atoms with van der Waals surface area (Å²) in [5.74, 6) is 0.906. The molecule has 0 amide bonds. The van der Waals surface area contributed by atoms with E-state index in [2.05, 4.69) is 16.3 Å². The molecule has 1 aromatic carbocycles. The van der Waals surface area contributed by atoms with Gasteiger partial charge < -0.3 is 10.3 Å². The first kappa shape index (κ1) is 11.0. The summed E-state index contributed by atoms with van der Waals surface area (Å²) >= 11 is 1.57. The predicted octanol–water partition coefficient (Wildman–Crippen LogP) is 2.17. The minimum absolute atomic E-state index is 0.779. The maximum atomic E-state index is 5.80. The van der Waals surface area contributed by atoms with E-state index in [9.17, 15) is 0 Å². The van der Waals surface area contributed by atoms with E-state index in [0.717, 1.165) is 27.1 Å². The van der Waals surface area contributed by atoms with E-state index in [-0.39, 0.29) is 0 Å². The lowest BCUT2D eigenvalue weighted by Gasteiger charge is -2.04. The molecule has 0 aliphatic carbocycles. The zero-order valence-electron chi connectivity index (χ0n) is 9.56. The molecule has 0 radical (unpaired) electrons. The lowest BCUT2D eigenvalue weighted by atomic mass is 10.2. The van der Waals surface area contributed by atoms with Crippen molar-refractivity contribution in [1.29, 1.82) is 0 Å². The molecule has 4 nitrogen and oxygen atoms in total. The van der Waals surface area contributed by atoms with Gasteiger partial charge in [-0.3, -0.25) is 0 Å². The summed E-state index contributed by atoms with van der Waals surface area (Å²) in [7, 11) is 1.96. The Bertz CT molecular complexity index is 498. The number of nitrogens with two attached hydrogens (primary N) is 1. The Morgan fingerprint density at radius 2 is 1.94 bits per heavy atom. The molecule has 2 N–H and O–H groups in total. The van der Waals surface area contributed by atoms with Crippen LogP contribution in [0.25, 0.3) is 0 Å². The molecule has 0 saturated heterocycles. The monoisotopic (exact) mass is 234 g/mol. The highest BCUT2D eigenvalue weighted by Crippen LogP contribution is 2.28. The number of aryl methyl sites for hydroxylation is 2. The van der Waals surface area contributed by atoms with Gasteiger partial charge in [-0.15, -0.1) is 10.2 Å². The number of aromatic nitrogens is 3. The molecular weight excluding hydrogens is 220 g/mol. The zero-order chi connectivity index (χ0) is 11.7. The average Bonchev–Trinajstić information content (AvgIpc) is 2.48. The van der Waals surface area contributed by atoms with Crippen LogP contribution in [0, 0.1) is 13.8 Å². The first-order valence-corrected chi connectivity index (χ1v) is 5.79. The lowest BCUT2D eigenvalue weighted by molar-refractivity contribution is 0.765. The average molecular weight is 234 g/mol. The van der Waals surface area contributed by atoms with Crippen molar-refractivity contribution >= 4 is 17.4 Å². The zero-order valence-corrected chi connectivity index (χ0v) is 10.4. The first-order valence-electron chi connectivity index (χ1n) is 4.97. The second-order valence-electron chi connectivity index (χ2n) is 3.77. The molecule has 5 heteroatoms. The molecule has 0 saturated carbocycles. The topological polar surface area (TPSA) is 56.7 Å². The standard InChI is InChI=1S/C11H14N4S/c1-7-4-9(12)6-10(5-7)16-11-14-13-8(2)15(11)3/h4-6H,12H2,1-3H3. The molecule has 0 aliphatic heterocycles. The van der Waals surface area contributed by atoms with E-state index in [4.69, 9.17) is 5.73 Å². The fourth-order valence-corrected chi connectivity index (χ4v) is 2.42. The molecule has 84 valence electrons. The Morgan fingerprint density at radius 3 is 2.50 bits per heavy atom. The third-order valence-electron chi connectivity index (χ3n) is 2.33. The number of nitrogen functional groups attached to an aromatic ring is 1. The van der Waals surface area contributed by atoms with E-state index in [1.807, 2.05) is 37.6 Å². The van der Waals surface area contributed by atoms with E-state index >= 15 is 0 Å². The van der Waals surface area contributed by atoms with Crippen LogP contribution < -0.4 is 5.73 Å². The van der Waals surface area contributed by atoms with Crippen molar-refractivity contribution in [2.75, 3.05) is 5.73 Å². The largest absolute Gasteiger partial charge is 0.399 e. The highest BCUT2D eigenvalue weighted by molar-refractivity contribution is 7.99. The van der Waals surface area contributed by atoms with Gasteiger partial charge in [0.2, 0.25) is 0 Å². The summed E-state index contributed by atoms with van der Waals surface area (Å²) in [6.07, 6.45) is 0. The summed E-state index contributed by atoms with van der Waals surface area (Å²) in [6.45, 7) is 3.96. The van der Waals surface area contributed by atoms with Gasteiger partial charge in [-0.05, 0) is 49.4 Å². The Balaban J connectivity index is 2.30. The number of rotatable bonds is 2. The summed E-state index contributed by atoms with van der Waals surface area (Å²) in [5.41, 5.74) is 7.73. The fourth-order valence-electron chi connectivity index (χ4n) is 1.42. The Hall–Kier alpha value is -1.49. The molecule has 0 spiro atoms. The smallest absolute Gasteiger partial charge is 0.195 e. The fraction of sp³-hybridized carbons (Fsp3) is 0.273. The number of nitrogens with zero attached hydrogens (tertiary/aromatic N) is 3. The molecule has 1 aromatic heterocycles. The quantitative estimate of drug-likeness (QED) is 0.809. The summed E-state index contributed by atoms with van der Waals surface area (Å²) in [4.78, 5) is 1.09. The Kier molecular flexibility index (Phi) is 2.87. The molecule has 16 heavy (non-hydrogen) atoms. The SMILES string of the molecule is Cc1cc(N)cc(Sc2nnc(C)n2C)c1. The molecule has 0 atom stereocenters. The Morgan fingerprint density at radius 1 is 1.19 bits per heavy atom. The lowest BCUT2D eigenvalue weighted by Crippen LogP contribution is -1.93. The number of hydrogen-bond donors (Lipinski definition) is 1. The van der Waals surface area contributed by atoms with Crippen molar-refractivity contribution < 1.29 is 0 Å². The minimum atomic E-state index is 0.779. The van der Waals surface area contributed by atoms with Gasteiger partial charge in [0.05, 0.1) is 0 Å². The van der Waals surface area contributed by atoms with Crippen LogP contribution in [-0.4, -0.2) is 14.8 Å². The van der Waals surface area contributed by atoms with Gasteiger partial charge in [0.1, 0.15) is 5.82 Å². The predicted molar refractivity (Wildman–Crippen MR) is 65.5 cm³/mol. The molecule has 0 bridgehead atoms. The van der Waals surface area contributed by atoms with Gasteiger partial charge in [-0.1, -0.05) is 0 Å². The van der Waals surface area contributed by atoms with Crippen LogP contribution in [0.15, 0.2) is 28.3 Å². The minimum Gasteiger partial charge on any atom is -0.399 e. The van der Waals surface area contributed by atoms with Crippen LogP contribution in [0.3, 0.4) is 0 Å². The van der Waals surface area contributed by atoms with Gasteiger partial charge in [-0.2, -0.15) is 0 Å². The highest BCUT2D eigenvalue weighted by Gasteiger charge is 2.07. The first-order chi connectivity index (χ1) is 7.56. The van der Waals surface area contributed by atoms with Crippen LogP contribution in [0.4, 0.5) is 5.69 Å². The van der Waals surface area contributed by atoms with Crippen molar-refractivity contribution in [3.63, 3.8) is 0 Å². The van der Waals surface area contributed by atoms with Crippen LogP contribution in [-0.2, 0) is 7.05 Å². The molecule has 1 heterocycles. The van der Waals surface area contributed by atoms with Gasteiger partial charge in [-0.25, -0.2) is 0 Å². The third kappa shape index (κ3) is 2.19. The van der Waals surface area contributed by atoms with E-state index in [1.54, 1.807) is 11.8 Å². The van der Waals surface area contributed by atoms with E-state index in [0.29, 0.717) is 0 Å². The molecule has 0 unspecified atom stereocenters. The van der Waals surface area contributed by atoms with Crippen molar-refractivity contribution in [1.82, 2.24) is 14.8 Å². The van der Waals surface area contributed by atoms with E-state index in [1.165, 1.54) is 0 Å². The van der Waals surface area contributed by atoms with Gasteiger partial charge in [0, 0.05) is 17.6 Å². The Labute approximate surface area is 98.9 Å². The van der Waals surface area contributed by atoms with Gasteiger partial charge in [0.25, 0.3) is 0 Å². The van der Waals surface area contributed by atoms with Crippen LogP contribution in [0.1, 0.15) is 11.4 Å². The summed E-state index contributed by atoms with van der Waals surface area (Å²) in [6, 6.07) is 5.98. The normalized spacial score (nSPS) is 10.7. The second kappa shape index (κ2) is 4.17. The van der Waals surface area contributed by atoms with Crippen molar-refractivity contribution in [3.05, 3.63) is 29.6 Å². The van der Waals surface area contributed by atoms with Crippen molar-refractivity contribution in [2.45, 2.75) is 23.9 Å². The van der Waals surface area contributed by atoms with E-state index < -0.39 is 0 Å². The molecule has 2 rings (SSSR count). The molecule has 0 fully saturated rings. The third-order valence-corrected chi connectivity index (χ3v) is 3.34. The maximum Gasteiger partial charge on any atom is 0.195 e. The second-order valence-corrected chi connectivity index (χ2v) is 4.81. The molecule has 0 aliphatic rings. The summed E-state index contributed by atoms with van der Waals surface area (Å²) in [5, 5.41) is 9.00. The highest BCUT2D eigenvalue weighted by atomic mass is 32.2. The molecule has 2 aromatic rings. The van der Waals surface area contributed by atoms with Gasteiger partial charge in [0.15, 0.2) is 5.16 Å². The maximum absolute atomic E-state index is 5.80. The van der Waals surface area contributed by atoms with Crippen molar-refractivity contribution in [3.8, 4) is 0 Å². The summed E-state index contributed by atoms with van der Waals surface area (Å²) < 4.78 is 1.96. The van der Waals surface area contributed by atoms with Crippen molar-refractivity contribution in [2.24, 2.45) is 7.05 Å². The van der Waals surface area contributed by atoms with Crippen LogP contribution >= 0.6 is 11.8 Å². The van der Waals surface area contributed by atoms with Gasteiger partial charge >= 0.3 is 0 Å². The number of benzene rings is 1. The number of anilines is 1.